The van der Waals surface area contributed by atoms with Crippen molar-refractivity contribution in [1.29, 1.82) is 0 Å². The van der Waals surface area contributed by atoms with E-state index in [9.17, 15) is 19.8 Å². The minimum absolute atomic E-state index is 0. The summed E-state index contributed by atoms with van der Waals surface area (Å²) in [6.07, 6.45) is 0. The molecule has 4 nitrogen and oxygen atoms in total. The van der Waals surface area contributed by atoms with Gasteiger partial charge in [0.2, 0.25) is 0 Å². The van der Waals surface area contributed by atoms with Crippen molar-refractivity contribution in [2.75, 3.05) is 0 Å². The standard InChI is InChI=1S/C3H2Br2O4.2Li/c4-3(5,1(6)7)2(8)9;;/h(H,6,7)(H,8,9);;/q;2*+1/p-2. The zero-order chi connectivity index (χ0) is 7.65. The molecule has 0 fully saturated rings. The predicted octanol–water partition coefficient (Wildman–Crippen LogP) is -8.02. The van der Waals surface area contributed by atoms with Gasteiger partial charge in [0, 0.05) is 0 Å². The molecule has 0 unspecified atom stereocenters. The van der Waals surface area contributed by atoms with Crippen LogP contribution in [-0.2, 0) is 9.59 Å². The molecule has 52 valence electrons. The first-order valence-electron chi connectivity index (χ1n) is 1.69. The van der Waals surface area contributed by atoms with Crippen LogP contribution in [-0.4, -0.2) is 15.2 Å². The van der Waals surface area contributed by atoms with Gasteiger partial charge in [0.25, 0.3) is 0 Å². The van der Waals surface area contributed by atoms with Gasteiger partial charge in [0.15, 0.2) is 3.23 Å². The summed E-state index contributed by atoms with van der Waals surface area (Å²) in [5, 5.41) is 19.7. The third kappa shape index (κ3) is 5.35. The van der Waals surface area contributed by atoms with Crippen LogP contribution in [0.1, 0.15) is 0 Å². The van der Waals surface area contributed by atoms with E-state index in [0.29, 0.717) is 0 Å². The Labute approximate surface area is 104 Å². The second-order valence-corrected chi connectivity index (χ2v) is 4.59. The first-order chi connectivity index (χ1) is 3.89. The zero-order valence-electron chi connectivity index (χ0n) is 5.89. The number of alkyl halides is 2. The summed E-state index contributed by atoms with van der Waals surface area (Å²) in [5.41, 5.74) is 0. The van der Waals surface area contributed by atoms with Gasteiger partial charge in [-0.05, 0) is 0 Å². The SMILES string of the molecule is O=C([O-])C(Br)(Br)C(=O)[O-].[Li+].[Li+]. The molecule has 0 aliphatic heterocycles. The van der Waals surface area contributed by atoms with Crippen molar-refractivity contribution in [3.8, 4) is 0 Å². The molecule has 8 heteroatoms. The molecular weight excluding hydrogens is 274 g/mol. The Morgan fingerprint density at radius 1 is 1.00 bits per heavy atom. The average Bonchev–Trinajstić information content (AvgIpc) is 1.65. The summed E-state index contributed by atoms with van der Waals surface area (Å²) in [4.78, 5) is 19.7. The Bertz CT molecular complexity index is 143. The topological polar surface area (TPSA) is 80.3 Å². The van der Waals surface area contributed by atoms with E-state index in [2.05, 4.69) is 31.9 Å². The van der Waals surface area contributed by atoms with Crippen LogP contribution >= 0.6 is 31.9 Å². The molecule has 0 bridgehead atoms. The predicted molar refractivity (Wildman–Crippen MR) is 30.6 cm³/mol. The van der Waals surface area contributed by atoms with Gasteiger partial charge in [-0.2, -0.15) is 0 Å². The van der Waals surface area contributed by atoms with Crippen molar-refractivity contribution < 1.29 is 57.5 Å². The van der Waals surface area contributed by atoms with Crippen molar-refractivity contribution in [2.45, 2.75) is 3.23 Å². The first-order valence-corrected chi connectivity index (χ1v) is 3.28. The molecule has 0 aliphatic rings. The quantitative estimate of drug-likeness (QED) is 0.284. The van der Waals surface area contributed by atoms with Crippen LogP contribution in [0.25, 0.3) is 0 Å². The minimum atomic E-state index is -2.26. The van der Waals surface area contributed by atoms with Crippen LogP contribution in [0.5, 0.6) is 0 Å². The molecule has 0 aromatic rings. The Kier molecular flexibility index (Phi) is 10.8. The Hall–Kier alpha value is 1.09. The molecule has 0 heterocycles. The Morgan fingerprint density at radius 3 is 1.18 bits per heavy atom. The third-order valence-electron chi connectivity index (χ3n) is 0.513. The summed E-state index contributed by atoms with van der Waals surface area (Å²) >= 11 is 4.61. The molecule has 0 spiro atoms. The Morgan fingerprint density at radius 2 is 1.18 bits per heavy atom. The van der Waals surface area contributed by atoms with Gasteiger partial charge in [-0.1, -0.05) is 31.9 Å². The van der Waals surface area contributed by atoms with E-state index in [-0.39, 0.29) is 37.7 Å². The molecule has 0 atom stereocenters. The maximum absolute atomic E-state index is 9.84. The van der Waals surface area contributed by atoms with Crippen LogP contribution in [0.4, 0.5) is 0 Å². The Balaban J connectivity index is -0.000000320. The molecule has 0 N–H and O–H groups in total. The van der Waals surface area contributed by atoms with Crippen molar-refractivity contribution in [3.63, 3.8) is 0 Å². The van der Waals surface area contributed by atoms with Gasteiger partial charge in [-0.3, -0.25) is 0 Å². The molecule has 0 amide bonds. The smallest absolute Gasteiger partial charge is 0.547 e. The number of hydrogen-bond donors (Lipinski definition) is 0. The van der Waals surface area contributed by atoms with Crippen LogP contribution in [0.2, 0.25) is 0 Å². The molecule has 0 saturated carbocycles. The van der Waals surface area contributed by atoms with Gasteiger partial charge >= 0.3 is 37.7 Å². The fraction of sp³-hybridized carbons (Fsp3) is 0.333. The second kappa shape index (κ2) is 6.59. The summed E-state index contributed by atoms with van der Waals surface area (Å²) < 4.78 is -2.26. The number of carboxylic acid groups (broad SMARTS) is 2. The fourth-order valence-corrected chi connectivity index (χ4v) is 0.0833. The van der Waals surface area contributed by atoms with E-state index in [1.54, 1.807) is 0 Å². The number of rotatable bonds is 2. The van der Waals surface area contributed by atoms with Crippen molar-refractivity contribution in [2.24, 2.45) is 0 Å². The largest absolute Gasteiger partial charge is 1.00 e. The summed E-state index contributed by atoms with van der Waals surface area (Å²) in [5.74, 6) is -3.61. The van der Waals surface area contributed by atoms with Crippen molar-refractivity contribution >= 4 is 43.8 Å². The van der Waals surface area contributed by atoms with E-state index in [1.807, 2.05) is 0 Å². The molecule has 0 aromatic heterocycles. The van der Waals surface area contributed by atoms with Gasteiger partial charge in [-0.15, -0.1) is 0 Å². The summed E-state index contributed by atoms with van der Waals surface area (Å²) in [6, 6.07) is 0. The number of carbonyl (C=O) groups is 2. The zero-order valence-corrected chi connectivity index (χ0v) is 9.06. The third-order valence-corrected chi connectivity index (χ3v) is 1.81. The molecule has 11 heavy (non-hydrogen) atoms. The number of aliphatic carboxylic acids is 2. The number of halogens is 2. The fourth-order valence-electron chi connectivity index (χ4n) is 0.0833. The average molecular weight is 274 g/mol. The van der Waals surface area contributed by atoms with Crippen molar-refractivity contribution in [3.05, 3.63) is 0 Å². The summed E-state index contributed by atoms with van der Waals surface area (Å²) in [6.45, 7) is 0. The van der Waals surface area contributed by atoms with E-state index in [1.165, 1.54) is 0 Å². The minimum Gasteiger partial charge on any atom is -0.547 e. The monoisotopic (exact) mass is 272 g/mol. The van der Waals surface area contributed by atoms with E-state index >= 15 is 0 Å². The van der Waals surface area contributed by atoms with E-state index in [0.717, 1.165) is 0 Å². The molecule has 0 radical (unpaired) electrons. The maximum Gasteiger partial charge on any atom is 1.00 e. The number of carbonyl (C=O) groups excluding carboxylic acids is 2. The second-order valence-electron chi connectivity index (χ2n) is 1.15. The summed E-state index contributed by atoms with van der Waals surface area (Å²) in [7, 11) is 0. The molecular formula is C3Br2Li2O4. The molecule has 0 rings (SSSR count). The molecule has 0 saturated heterocycles. The maximum atomic E-state index is 9.84. The molecule has 0 aromatic carbocycles. The van der Waals surface area contributed by atoms with E-state index in [4.69, 9.17) is 0 Å². The van der Waals surface area contributed by atoms with Crippen LogP contribution in [0.3, 0.4) is 0 Å². The van der Waals surface area contributed by atoms with Gasteiger partial charge in [0.1, 0.15) is 0 Å². The van der Waals surface area contributed by atoms with Crippen molar-refractivity contribution in [1.82, 2.24) is 0 Å². The van der Waals surface area contributed by atoms with E-state index < -0.39 is 15.2 Å². The van der Waals surface area contributed by atoms with Crippen LogP contribution in [0.15, 0.2) is 0 Å². The van der Waals surface area contributed by atoms with Crippen LogP contribution in [0, 0.1) is 0 Å². The first kappa shape index (κ1) is 18.0. The molecule has 0 aliphatic carbocycles. The van der Waals surface area contributed by atoms with Gasteiger partial charge < -0.3 is 19.8 Å². The normalized spacial score (nSPS) is 8.91. The van der Waals surface area contributed by atoms with Crippen LogP contribution < -0.4 is 47.9 Å². The van der Waals surface area contributed by atoms with Gasteiger partial charge in [-0.25, -0.2) is 0 Å². The number of carboxylic acids is 2. The van der Waals surface area contributed by atoms with Gasteiger partial charge in [0.05, 0.1) is 11.9 Å². The number of hydrogen-bond acceptors (Lipinski definition) is 4.